The molecule has 0 spiro atoms. The van der Waals surface area contributed by atoms with Crippen LogP contribution in [0.4, 0.5) is 4.39 Å². The molecular weight excluding hydrogens is 285 g/mol. The number of hydrogen-bond donors (Lipinski definition) is 1. The molecule has 1 aromatic heterocycles. The Balaban J connectivity index is 2.17. The van der Waals surface area contributed by atoms with Gasteiger partial charge in [-0.2, -0.15) is 0 Å². The van der Waals surface area contributed by atoms with E-state index < -0.39 is 5.97 Å². The first-order chi connectivity index (χ1) is 10.6. The number of benzene rings is 2. The number of carbonyl (C=O) groups is 1. The lowest BCUT2D eigenvalue weighted by Crippen LogP contribution is -2.22. The molecule has 2 aromatic carbocycles. The van der Waals surface area contributed by atoms with Gasteiger partial charge in [-0.05, 0) is 23.8 Å². The minimum atomic E-state index is -1.09. The Bertz CT molecular complexity index is 913. The molecule has 3 aromatic rings. The number of rotatable bonds is 3. The second-order valence-electron chi connectivity index (χ2n) is 4.95. The van der Waals surface area contributed by atoms with Crippen LogP contribution in [0.25, 0.3) is 10.8 Å². The molecule has 1 heterocycles. The average Bonchev–Trinajstić information content (AvgIpc) is 2.52. The van der Waals surface area contributed by atoms with Gasteiger partial charge < -0.3 is 9.67 Å². The number of halogens is 1. The van der Waals surface area contributed by atoms with Crippen LogP contribution >= 0.6 is 0 Å². The van der Waals surface area contributed by atoms with Gasteiger partial charge in [-0.3, -0.25) is 4.79 Å². The third kappa shape index (κ3) is 2.48. The molecule has 0 atom stereocenters. The fourth-order valence-electron chi connectivity index (χ4n) is 2.42. The monoisotopic (exact) mass is 297 g/mol. The molecule has 0 saturated carbocycles. The Morgan fingerprint density at radius 3 is 2.32 bits per heavy atom. The number of carboxylic acids is 1. The number of aromatic nitrogens is 1. The first-order valence-corrected chi connectivity index (χ1v) is 6.66. The SMILES string of the molecule is O=C(O)c1cn(Cc2ccc(F)cc2)c(=O)c2ccccc12. The Labute approximate surface area is 125 Å². The van der Waals surface area contributed by atoms with Gasteiger partial charge in [0.2, 0.25) is 0 Å². The summed E-state index contributed by atoms with van der Waals surface area (Å²) in [5, 5.41) is 10.1. The summed E-state index contributed by atoms with van der Waals surface area (Å²) in [4.78, 5) is 23.9. The summed E-state index contributed by atoms with van der Waals surface area (Å²) in [5.74, 6) is -1.45. The lowest BCUT2D eigenvalue weighted by atomic mass is 10.1. The van der Waals surface area contributed by atoms with E-state index in [1.165, 1.54) is 22.9 Å². The summed E-state index contributed by atoms with van der Waals surface area (Å²) >= 11 is 0. The summed E-state index contributed by atoms with van der Waals surface area (Å²) in [6, 6.07) is 12.3. The van der Waals surface area contributed by atoms with Gasteiger partial charge in [-0.25, -0.2) is 9.18 Å². The van der Waals surface area contributed by atoms with E-state index >= 15 is 0 Å². The van der Waals surface area contributed by atoms with Crippen molar-refractivity contribution in [3.63, 3.8) is 0 Å². The molecule has 5 heteroatoms. The molecule has 0 aliphatic carbocycles. The van der Waals surface area contributed by atoms with Crippen LogP contribution in [0.3, 0.4) is 0 Å². The summed E-state index contributed by atoms with van der Waals surface area (Å²) in [5.41, 5.74) is 0.511. The molecule has 110 valence electrons. The van der Waals surface area contributed by atoms with Gasteiger partial charge >= 0.3 is 5.97 Å². The van der Waals surface area contributed by atoms with E-state index in [0.717, 1.165) is 5.56 Å². The molecule has 0 aliphatic heterocycles. The number of carboxylic acid groups (broad SMARTS) is 1. The highest BCUT2D eigenvalue weighted by Gasteiger charge is 2.13. The number of hydrogen-bond acceptors (Lipinski definition) is 2. The zero-order chi connectivity index (χ0) is 15.7. The van der Waals surface area contributed by atoms with E-state index in [1.54, 1.807) is 36.4 Å². The summed E-state index contributed by atoms with van der Waals surface area (Å²) < 4.78 is 14.3. The van der Waals surface area contributed by atoms with Gasteiger partial charge in [0.05, 0.1) is 12.1 Å². The van der Waals surface area contributed by atoms with E-state index in [0.29, 0.717) is 10.8 Å². The second-order valence-corrected chi connectivity index (χ2v) is 4.95. The normalized spacial score (nSPS) is 10.8. The molecule has 0 saturated heterocycles. The maximum atomic E-state index is 12.9. The fraction of sp³-hybridized carbons (Fsp3) is 0.0588. The van der Waals surface area contributed by atoms with E-state index in [9.17, 15) is 19.1 Å². The quantitative estimate of drug-likeness (QED) is 0.808. The van der Waals surface area contributed by atoms with Crippen LogP contribution in [0.1, 0.15) is 15.9 Å². The maximum absolute atomic E-state index is 12.9. The average molecular weight is 297 g/mol. The molecule has 0 fully saturated rings. The van der Waals surface area contributed by atoms with Crippen molar-refractivity contribution in [2.45, 2.75) is 6.54 Å². The zero-order valence-electron chi connectivity index (χ0n) is 11.5. The van der Waals surface area contributed by atoms with E-state index in [4.69, 9.17) is 0 Å². The lowest BCUT2D eigenvalue weighted by Gasteiger charge is -2.10. The number of aromatic carboxylic acids is 1. The van der Waals surface area contributed by atoms with Crippen molar-refractivity contribution >= 4 is 16.7 Å². The molecular formula is C17H12FNO3. The standard InChI is InChI=1S/C17H12FNO3/c18-12-7-5-11(6-8-12)9-19-10-15(17(21)22)13-3-1-2-4-14(13)16(19)20/h1-8,10H,9H2,(H,21,22). The third-order valence-corrected chi connectivity index (χ3v) is 3.49. The van der Waals surface area contributed by atoms with Crippen molar-refractivity contribution in [3.8, 4) is 0 Å². The van der Waals surface area contributed by atoms with Gasteiger partial charge in [-0.1, -0.05) is 30.3 Å². The van der Waals surface area contributed by atoms with Gasteiger partial charge in [0.1, 0.15) is 5.82 Å². The van der Waals surface area contributed by atoms with Crippen LogP contribution in [0, 0.1) is 5.82 Å². The Hall–Kier alpha value is -2.95. The highest BCUT2D eigenvalue weighted by atomic mass is 19.1. The highest BCUT2D eigenvalue weighted by molar-refractivity contribution is 6.02. The fourth-order valence-corrected chi connectivity index (χ4v) is 2.42. The van der Waals surface area contributed by atoms with E-state index in [1.807, 2.05) is 0 Å². The summed E-state index contributed by atoms with van der Waals surface area (Å²) in [7, 11) is 0. The molecule has 0 aliphatic rings. The van der Waals surface area contributed by atoms with Gasteiger partial charge in [0.15, 0.2) is 0 Å². The molecule has 0 bridgehead atoms. The Kier molecular flexibility index (Phi) is 3.47. The van der Waals surface area contributed by atoms with Crippen molar-refractivity contribution in [1.82, 2.24) is 4.57 Å². The first-order valence-electron chi connectivity index (χ1n) is 6.66. The largest absolute Gasteiger partial charge is 0.478 e. The highest BCUT2D eigenvalue weighted by Crippen LogP contribution is 2.16. The van der Waals surface area contributed by atoms with Gasteiger partial charge in [0, 0.05) is 17.0 Å². The number of pyridine rings is 1. The van der Waals surface area contributed by atoms with Crippen LogP contribution in [0.15, 0.2) is 59.5 Å². The van der Waals surface area contributed by atoms with Crippen molar-refractivity contribution in [3.05, 3.63) is 82.0 Å². The van der Waals surface area contributed by atoms with Crippen molar-refractivity contribution in [2.24, 2.45) is 0 Å². The predicted octanol–water partition coefficient (Wildman–Crippen LogP) is 2.89. The van der Waals surface area contributed by atoms with Crippen LogP contribution in [0.2, 0.25) is 0 Å². The molecule has 0 amide bonds. The summed E-state index contributed by atoms with van der Waals surface area (Å²) in [6.07, 6.45) is 1.33. The van der Waals surface area contributed by atoms with Crippen molar-refractivity contribution < 1.29 is 14.3 Å². The maximum Gasteiger partial charge on any atom is 0.337 e. The Morgan fingerprint density at radius 1 is 1.05 bits per heavy atom. The van der Waals surface area contributed by atoms with Crippen LogP contribution in [-0.4, -0.2) is 15.6 Å². The molecule has 4 nitrogen and oxygen atoms in total. The number of fused-ring (bicyclic) bond motifs is 1. The first kappa shape index (κ1) is 14.0. The minimum Gasteiger partial charge on any atom is -0.478 e. The molecule has 3 rings (SSSR count). The van der Waals surface area contributed by atoms with E-state index in [2.05, 4.69) is 0 Å². The minimum absolute atomic E-state index is 0.0670. The zero-order valence-corrected chi connectivity index (χ0v) is 11.5. The Morgan fingerprint density at radius 2 is 1.68 bits per heavy atom. The van der Waals surface area contributed by atoms with Crippen LogP contribution < -0.4 is 5.56 Å². The number of nitrogens with zero attached hydrogens (tertiary/aromatic N) is 1. The third-order valence-electron chi connectivity index (χ3n) is 3.49. The van der Waals surface area contributed by atoms with Crippen molar-refractivity contribution in [2.75, 3.05) is 0 Å². The van der Waals surface area contributed by atoms with Gasteiger partial charge in [0.25, 0.3) is 5.56 Å². The molecule has 0 radical (unpaired) electrons. The lowest BCUT2D eigenvalue weighted by molar-refractivity contribution is 0.0698. The topological polar surface area (TPSA) is 59.3 Å². The van der Waals surface area contributed by atoms with E-state index in [-0.39, 0.29) is 23.5 Å². The predicted molar refractivity (Wildman–Crippen MR) is 80.7 cm³/mol. The van der Waals surface area contributed by atoms with Crippen LogP contribution in [-0.2, 0) is 6.54 Å². The summed E-state index contributed by atoms with van der Waals surface area (Å²) in [6.45, 7) is 0.185. The van der Waals surface area contributed by atoms with Gasteiger partial charge in [-0.15, -0.1) is 0 Å². The molecule has 22 heavy (non-hydrogen) atoms. The van der Waals surface area contributed by atoms with Crippen LogP contribution in [0.5, 0.6) is 0 Å². The molecule has 0 unspecified atom stereocenters. The smallest absolute Gasteiger partial charge is 0.337 e. The molecule has 1 N–H and O–H groups in total. The van der Waals surface area contributed by atoms with Crippen molar-refractivity contribution in [1.29, 1.82) is 0 Å². The second kappa shape index (κ2) is 5.44.